The average Bonchev–Trinajstić information content (AvgIpc) is 3.09. The first-order chi connectivity index (χ1) is 11.0. The lowest BCUT2D eigenvalue weighted by Gasteiger charge is -2.35. The second kappa shape index (κ2) is 6.93. The van der Waals surface area contributed by atoms with Crippen molar-refractivity contribution >= 4 is 15.7 Å². The number of nitrogens with zero attached hydrogens (tertiary/aromatic N) is 2. The normalized spacial score (nSPS) is 27.4. The Morgan fingerprint density at radius 2 is 1.74 bits per heavy atom. The minimum absolute atomic E-state index is 0.111. The van der Waals surface area contributed by atoms with Gasteiger partial charge in [-0.3, -0.25) is 9.69 Å². The van der Waals surface area contributed by atoms with Gasteiger partial charge in [-0.2, -0.15) is 0 Å². The third-order valence-corrected chi connectivity index (χ3v) is 7.12. The fraction of sp³-hybridized carbons (Fsp3) is 0.824. The highest BCUT2D eigenvalue weighted by atomic mass is 32.2. The van der Waals surface area contributed by atoms with Crippen LogP contribution in [0.3, 0.4) is 0 Å². The highest BCUT2D eigenvalue weighted by Crippen LogP contribution is 2.31. The van der Waals surface area contributed by atoms with E-state index in [2.05, 4.69) is 11.5 Å². The van der Waals surface area contributed by atoms with Gasteiger partial charge in [0, 0.05) is 24.7 Å². The number of rotatable bonds is 7. The van der Waals surface area contributed by atoms with Gasteiger partial charge in [0.25, 0.3) is 0 Å². The molecule has 2 aliphatic carbocycles. The monoisotopic (exact) mass is 340 g/mol. The van der Waals surface area contributed by atoms with E-state index in [1.165, 1.54) is 0 Å². The fourth-order valence-electron chi connectivity index (χ4n) is 4.09. The Morgan fingerprint density at radius 1 is 1.04 bits per heavy atom. The second-order valence-electron chi connectivity index (χ2n) is 7.25. The molecular weight excluding hydrogens is 312 g/mol. The van der Waals surface area contributed by atoms with Crippen molar-refractivity contribution in [1.29, 1.82) is 0 Å². The first-order valence-electron chi connectivity index (χ1n) is 8.87. The summed E-state index contributed by atoms with van der Waals surface area (Å²) in [5, 5.41) is 0. The maximum Gasteiger partial charge on any atom is 0.237 e. The number of hydrogen-bond donors (Lipinski definition) is 0. The van der Waals surface area contributed by atoms with E-state index in [-0.39, 0.29) is 29.5 Å². The van der Waals surface area contributed by atoms with E-state index in [1.807, 2.05) is 11.0 Å². The molecule has 6 heteroatoms. The van der Waals surface area contributed by atoms with Crippen LogP contribution in [0.4, 0.5) is 0 Å². The molecule has 23 heavy (non-hydrogen) atoms. The van der Waals surface area contributed by atoms with E-state index in [4.69, 9.17) is 0 Å². The minimum atomic E-state index is -2.97. The van der Waals surface area contributed by atoms with Crippen LogP contribution in [0.1, 0.15) is 44.9 Å². The molecule has 1 amide bonds. The standard InChI is InChI=1S/C17H28N2O3S/c1-2-10-18(14-7-8-14)12-17(20)19(15-5-3-4-6-15)16-9-11-23(21,22)13-16/h2,14-16H,1,3-13H2. The SMILES string of the molecule is C=CCN(CC(=O)N(C1CCCC1)C1CCS(=O)(=O)C1)C1CC1. The molecule has 0 N–H and O–H groups in total. The molecule has 3 fully saturated rings. The summed E-state index contributed by atoms with van der Waals surface area (Å²) in [5.74, 6) is 0.501. The highest BCUT2D eigenvalue weighted by Gasteiger charge is 2.40. The highest BCUT2D eigenvalue weighted by molar-refractivity contribution is 7.91. The lowest BCUT2D eigenvalue weighted by atomic mass is 10.1. The van der Waals surface area contributed by atoms with Crippen molar-refractivity contribution in [2.75, 3.05) is 24.6 Å². The van der Waals surface area contributed by atoms with Gasteiger partial charge in [-0.25, -0.2) is 8.42 Å². The average molecular weight is 340 g/mol. The number of sulfone groups is 1. The number of amides is 1. The molecule has 5 nitrogen and oxygen atoms in total. The summed E-state index contributed by atoms with van der Waals surface area (Å²) in [6.45, 7) is 4.93. The quantitative estimate of drug-likeness (QED) is 0.661. The van der Waals surface area contributed by atoms with Gasteiger partial charge in [0.05, 0.1) is 18.1 Å². The van der Waals surface area contributed by atoms with Crippen molar-refractivity contribution in [1.82, 2.24) is 9.80 Å². The molecule has 3 aliphatic rings. The molecule has 130 valence electrons. The van der Waals surface area contributed by atoms with Gasteiger partial charge in [0.1, 0.15) is 0 Å². The van der Waals surface area contributed by atoms with Gasteiger partial charge >= 0.3 is 0 Å². The Hall–Kier alpha value is -0.880. The maximum absolute atomic E-state index is 13.0. The van der Waals surface area contributed by atoms with Crippen molar-refractivity contribution in [3.63, 3.8) is 0 Å². The van der Waals surface area contributed by atoms with Crippen molar-refractivity contribution in [2.45, 2.75) is 63.1 Å². The van der Waals surface area contributed by atoms with Crippen molar-refractivity contribution < 1.29 is 13.2 Å². The van der Waals surface area contributed by atoms with Crippen molar-refractivity contribution in [2.24, 2.45) is 0 Å². The molecule has 0 radical (unpaired) electrons. The molecule has 1 heterocycles. The minimum Gasteiger partial charge on any atom is -0.335 e. The molecular formula is C17H28N2O3S. The first-order valence-corrected chi connectivity index (χ1v) is 10.7. The van der Waals surface area contributed by atoms with E-state index < -0.39 is 9.84 Å². The Labute approximate surface area is 139 Å². The maximum atomic E-state index is 13.0. The molecule has 2 saturated carbocycles. The van der Waals surface area contributed by atoms with Crippen LogP contribution in [0, 0.1) is 0 Å². The van der Waals surface area contributed by atoms with Crippen LogP contribution < -0.4 is 0 Å². The Bertz CT molecular complexity index is 550. The van der Waals surface area contributed by atoms with Gasteiger partial charge in [-0.05, 0) is 32.1 Å². The van der Waals surface area contributed by atoms with Crippen LogP contribution in [-0.4, -0.2) is 66.8 Å². The third-order valence-electron chi connectivity index (χ3n) is 5.37. The van der Waals surface area contributed by atoms with Crippen molar-refractivity contribution in [3.05, 3.63) is 12.7 Å². The lowest BCUT2D eigenvalue weighted by molar-refractivity contribution is -0.137. The van der Waals surface area contributed by atoms with Gasteiger partial charge in [-0.1, -0.05) is 18.9 Å². The molecule has 3 rings (SSSR count). The number of carbonyl (C=O) groups excluding carboxylic acids is 1. The Morgan fingerprint density at radius 3 is 2.26 bits per heavy atom. The molecule has 1 unspecified atom stereocenters. The molecule has 0 bridgehead atoms. The van der Waals surface area contributed by atoms with Crippen LogP contribution in [0.2, 0.25) is 0 Å². The van der Waals surface area contributed by atoms with E-state index in [0.29, 0.717) is 19.0 Å². The van der Waals surface area contributed by atoms with Crippen molar-refractivity contribution in [3.8, 4) is 0 Å². The molecule has 1 atom stereocenters. The Kier molecular flexibility index (Phi) is 5.11. The molecule has 1 saturated heterocycles. The smallest absolute Gasteiger partial charge is 0.237 e. The number of carbonyl (C=O) groups is 1. The van der Waals surface area contributed by atoms with Gasteiger partial charge in [0.15, 0.2) is 9.84 Å². The summed E-state index contributed by atoms with van der Waals surface area (Å²) >= 11 is 0. The lowest BCUT2D eigenvalue weighted by Crippen LogP contribution is -2.51. The van der Waals surface area contributed by atoms with Crippen LogP contribution >= 0.6 is 0 Å². The second-order valence-corrected chi connectivity index (χ2v) is 9.47. The zero-order valence-corrected chi connectivity index (χ0v) is 14.6. The molecule has 0 aromatic carbocycles. The summed E-state index contributed by atoms with van der Waals surface area (Å²) < 4.78 is 23.7. The molecule has 0 aromatic rings. The van der Waals surface area contributed by atoms with Crippen LogP contribution in [0.15, 0.2) is 12.7 Å². The van der Waals surface area contributed by atoms with Crippen LogP contribution in [-0.2, 0) is 14.6 Å². The van der Waals surface area contributed by atoms with Gasteiger partial charge < -0.3 is 4.90 Å². The topological polar surface area (TPSA) is 57.7 Å². The fourth-order valence-corrected chi connectivity index (χ4v) is 5.80. The van der Waals surface area contributed by atoms with Crippen LogP contribution in [0.5, 0.6) is 0 Å². The zero-order chi connectivity index (χ0) is 16.4. The first kappa shape index (κ1) is 17.0. The van der Waals surface area contributed by atoms with E-state index in [9.17, 15) is 13.2 Å². The largest absolute Gasteiger partial charge is 0.335 e. The molecule has 0 spiro atoms. The van der Waals surface area contributed by atoms with Gasteiger partial charge in [-0.15, -0.1) is 6.58 Å². The molecule has 0 aromatic heterocycles. The zero-order valence-electron chi connectivity index (χ0n) is 13.8. The number of hydrogen-bond acceptors (Lipinski definition) is 4. The van der Waals surface area contributed by atoms with E-state index in [1.54, 1.807) is 0 Å². The predicted octanol–water partition coefficient (Wildman–Crippen LogP) is 1.60. The summed E-state index contributed by atoms with van der Waals surface area (Å²) in [6.07, 6.45) is 9.10. The Balaban J connectivity index is 1.71. The van der Waals surface area contributed by atoms with E-state index in [0.717, 1.165) is 45.1 Å². The summed E-state index contributed by atoms with van der Waals surface area (Å²) in [7, 11) is -2.97. The van der Waals surface area contributed by atoms with E-state index >= 15 is 0 Å². The predicted molar refractivity (Wildman–Crippen MR) is 91.0 cm³/mol. The third kappa shape index (κ3) is 4.15. The summed E-state index contributed by atoms with van der Waals surface area (Å²) in [5.41, 5.74) is 0. The summed E-state index contributed by atoms with van der Waals surface area (Å²) in [6, 6.07) is 0.639. The molecule has 1 aliphatic heterocycles. The van der Waals surface area contributed by atoms with Crippen LogP contribution in [0.25, 0.3) is 0 Å². The summed E-state index contributed by atoms with van der Waals surface area (Å²) in [4.78, 5) is 17.2. The van der Waals surface area contributed by atoms with Gasteiger partial charge in [0.2, 0.25) is 5.91 Å².